The molecule has 0 spiro atoms. The van der Waals surface area contributed by atoms with Gasteiger partial charge in [-0.1, -0.05) is 6.92 Å². The molecule has 24 heavy (non-hydrogen) atoms. The smallest absolute Gasteiger partial charge is 0.254 e. The molecule has 5 nitrogen and oxygen atoms in total. The molecule has 0 atom stereocenters. The highest BCUT2D eigenvalue weighted by Gasteiger charge is 2.26. The van der Waals surface area contributed by atoms with Crippen LogP contribution >= 0.6 is 0 Å². The van der Waals surface area contributed by atoms with E-state index in [0.717, 1.165) is 31.8 Å². The highest BCUT2D eigenvalue weighted by atomic mass is 16.2. The van der Waals surface area contributed by atoms with Crippen molar-refractivity contribution in [3.63, 3.8) is 0 Å². The number of hydrogen-bond donors (Lipinski definition) is 0. The van der Waals surface area contributed by atoms with E-state index in [9.17, 15) is 9.59 Å². The Balaban J connectivity index is 1.50. The van der Waals surface area contributed by atoms with Gasteiger partial charge in [0.15, 0.2) is 0 Å². The van der Waals surface area contributed by atoms with Crippen molar-refractivity contribution in [3.8, 4) is 0 Å². The average molecular weight is 331 g/mol. The summed E-state index contributed by atoms with van der Waals surface area (Å²) >= 11 is 0. The summed E-state index contributed by atoms with van der Waals surface area (Å²) in [7, 11) is 1.70. The fourth-order valence-corrected chi connectivity index (χ4v) is 3.79. The number of hydrogen-bond acceptors (Lipinski definition) is 3. The summed E-state index contributed by atoms with van der Waals surface area (Å²) < 4.78 is 1.49. The molecule has 0 saturated carbocycles. The Bertz CT molecular complexity index is 624. The molecule has 2 saturated heterocycles. The molecule has 0 aromatic carbocycles. The van der Waals surface area contributed by atoms with Gasteiger partial charge < -0.3 is 14.4 Å². The number of amides is 1. The third-order valence-corrected chi connectivity index (χ3v) is 5.65. The zero-order valence-electron chi connectivity index (χ0n) is 14.9. The number of rotatable bonds is 3. The molecule has 1 aromatic heterocycles. The lowest BCUT2D eigenvalue weighted by atomic mass is 9.93. The first-order valence-electron chi connectivity index (χ1n) is 9.21. The number of carbonyl (C=O) groups is 1. The molecule has 0 unspecified atom stereocenters. The van der Waals surface area contributed by atoms with Crippen LogP contribution in [0.15, 0.2) is 23.1 Å². The van der Waals surface area contributed by atoms with E-state index in [0.29, 0.717) is 11.5 Å². The number of piperidine rings is 2. The van der Waals surface area contributed by atoms with Crippen molar-refractivity contribution >= 4 is 5.91 Å². The largest absolute Gasteiger partial charge is 0.339 e. The van der Waals surface area contributed by atoms with E-state index in [4.69, 9.17) is 0 Å². The quantitative estimate of drug-likeness (QED) is 0.851. The zero-order valence-corrected chi connectivity index (χ0v) is 14.9. The summed E-state index contributed by atoms with van der Waals surface area (Å²) in [6, 6.07) is 3.19. The van der Waals surface area contributed by atoms with Crippen molar-refractivity contribution in [3.05, 3.63) is 34.2 Å². The van der Waals surface area contributed by atoms with Gasteiger partial charge in [-0.2, -0.15) is 0 Å². The lowest BCUT2D eigenvalue weighted by Crippen LogP contribution is -2.43. The standard InChI is InChI=1S/C19H29N3O2/c1-15-3-9-21(10-4-15)14-16-5-11-22(12-6-16)19(24)17-7-8-20(2)18(23)13-17/h7-8,13,15-16H,3-6,9-12,14H2,1-2H3. The minimum absolute atomic E-state index is 0.00190. The van der Waals surface area contributed by atoms with Crippen LogP contribution in [0.2, 0.25) is 0 Å². The van der Waals surface area contributed by atoms with Gasteiger partial charge in [0.05, 0.1) is 0 Å². The molecule has 0 bridgehead atoms. The molecule has 2 aliphatic rings. The first kappa shape index (κ1) is 17.2. The van der Waals surface area contributed by atoms with E-state index >= 15 is 0 Å². The van der Waals surface area contributed by atoms with E-state index < -0.39 is 0 Å². The fraction of sp³-hybridized carbons (Fsp3) is 0.684. The Kier molecular flexibility index (Phi) is 5.39. The molecule has 0 N–H and O–H groups in total. The minimum atomic E-state index is -0.130. The number of likely N-dealkylation sites (tertiary alicyclic amines) is 2. The predicted molar refractivity (Wildman–Crippen MR) is 95.1 cm³/mol. The molecular weight excluding hydrogens is 302 g/mol. The summed E-state index contributed by atoms with van der Waals surface area (Å²) in [6.45, 7) is 7.60. The molecule has 2 fully saturated rings. The summed E-state index contributed by atoms with van der Waals surface area (Å²) in [5, 5.41) is 0. The maximum absolute atomic E-state index is 12.6. The van der Waals surface area contributed by atoms with Crippen LogP contribution in [0.5, 0.6) is 0 Å². The van der Waals surface area contributed by atoms with Crippen LogP contribution in [-0.2, 0) is 7.05 Å². The van der Waals surface area contributed by atoms with Crippen LogP contribution in [0.25, 0.3) is 0 Å². The van der Waals surface area contributed by atoms with Crippen molar-refractivity contribution in [1.82, 2.24) is 14.4 Å². The Morgan fingerprint density at radius 2 is 1.79 bits per heavy atom. The zero-order chi connectivity index (χ0) is 17.1. The van der Waals surface area contributed by atoms with Crippen LogP contribution in [0.3, 0.4) is 0 Å². The van der Waals surface area contributed by atoms with Gasteiger partial charge in [0.2, 0.25) is 0 Å². The van der Waals surface area contributed by atoms with E-state index in [-0.39, 0.29) is 11.5 Å². The van der Waals surface area contributed by atoms with Gasteiger partial charge in [-0.3, -0.25) is 9.59 Å². The van der Waals surface area contributed by atoms with Gasteiger partial charge in [-0.05, 0) is 56.7 Å². The third-order valence-electron chi connectivity index (χ3n) is 5.65. The van der Waals surface area contributed by atoms with Gasteiger partial charge >= 0.3 is 0 Å². The molecule has 5 heteroatoms. The van der Waals surface area contributed by atoms with Crippen LogP contribution in [0, 0.1) is 11.8 Å². The van der Waals surface area contributed by atoms with E-state index in [1.165, 1.54) is 43.1 Å². The second kappa shape index (κ2) is 7.51. The Morgan fingerprint density at radius 1 is 1.12 bits per heavy atom. The van der Waals surface area contributed by atoms with E-state index in [2.05, 4.69) is 11.8 Å². The summed E-state index contributed by atoms with van der Waals surface area (Å²) in [5.74, 6) is 1.57. The normalized spacial score (nSPS) is 21.2. The van der Waals surface area contributed by atoms with Crippen LogP contribution in [0.4, 0.5) is 0 Å². The van der Waals surface area contributed by atoms with Gasteiger partial charge in [-0.25, -0.2) is 0 Å². The number of carbonyl (C=O) groups excluding carboxylic acids is 1. The Morgan fingerprint density at radius 3 is 2.42 bits per heavy atom. The second-order valence-electron chi connectivity index (χ2n) is 7.58. The molecule has 2 aliphatic heterocycles. The summed E-state index contributed by atoms with van der Waals surface area (Å²) in [4.78, 5) is 28.8. The number of aryl methyl sites for hydroxylation is 1. The summed E-state index contributed by atoms with van der Waals surface area (Å²) in [5.41, 5.74) is 0.386. The van der Waals surface area contributed by atoms with Crippen molar-refractivity contribution in [1.29, 1.82) is 0 Å². The first-order chi connectivity index (χ1) is 11.5. The maximum Gasteiger partial charge on any atom is 0.254 e. The number of aromatic nitrogens is 1. The van der Waals surface area contributed by atoms with Crippen LogP contribution in [0.1, 0.15) is 43.0 Å². The second-order valence-corrected chi connectivity index (χ2v) is 7.58. The number of pyridine rings is 1. The maximum atomic E-state index is 12.6. The van der Waals surface area contributed by atoms with Gasteiger partial charge in [0, 0.05) is 44.5 Å². The molecule has 0 radical (unpaired) electrons. The number of nitrogens with zero attached hydrogens (tertiary/aromatic N) is 3. The molecule has 3 rings (SSSR count). The lowest BCUT2D eigenvalue weighted by Gasteiger charge is -2.37. The van der Waals surface area contributed by atoms with Gasteiger partial charge in [0.25, 0.3) is 11.5 Å². The van der Waals surface area contributed by atoms with Crippen molar-refractivity contribution in [2.75, 3.05) is 32.7 Å². The lowest BCUT2D eigenvalue weighted by molar-refractivity contribution is 0.0653. The molecule has 1 aromatic rings. The minimum Gasteiger partial charge on any atom is -0.339 e. The SMILES string of the molecule is CC1CCN(CC2CCN(C(=O)c3ccn(C)c(=O)c3)CC2)CC1. The Hall–Kier alpha value is -1.62. The first-order valence-corrected chi connectivity index (χ1v) is 9.21. The van der Waals surface area contributed by atoms with Gasteiger partial charge in [0.1, 0.15) is 0 Å². The molecular formula is C19H29N3O2. The average Bonchev–Trinajstić information content (AvgIpc) is 2.59. The van der Waals surface area contributed by atoms with Crippen LogP contribution in [-0.4, -0.2) is 53.0 Å². The highest BCUT2D eigenvalue weighted by Crippen LogP contribution is 2.23. The van der Waals surface area contributed by atoms with Crippen molar-refractivity contribution < 1.29 is 4.79 Å². The Labute approximate surface area is 144 Å². The molecule has 0 aliphatic carbocycles. The fourth-order valence-electron chi connectivity index (χ4n) is 3.79. The monoisotopic (exact) mass is 331 g/mol. The molecule has 1 amide bonds. The third kappa shape index (κ3) is 4.07. The van der Waals surface area contributed by atoms with Crippen LogP contribution < -0.4 is 5.56 Å². The van der Waals surface area contributed by atoms with Crippen molar-refractivity contribution in [2.45, 2.75) is 32.6 Å². The van der Waals surface area contributed by atoms with E-state index in [1.54, 1.807) is 19.3 Å². The van der Waals surface area contributed by atoms with E-state index in [1.807, 2.05) is 4.90 Å². The topological polar surface area (TPSA) is 45.5 Å². The predicted octanol–water partition coefficient (Wildman–Crippen LogP) is 1.97. The summed E-state index contributed by atoms with van der Waals surface area (Å²) in [6.07, 6.45) is 6.45. The highest BCUT2D eigenvalue weighted by molar-refractivity contribution is 5.94. The molecule has 132 valence electrons. The van der Waals surface area contributed by atoms with Gasteiger partial charge in [-0.15, -0.1) is 0 Å². The molecule has 3 heterocycles. The van der Waals surface area contributed by atoms with Crippen molar-refractivity contribution in [2.24, 2.45) is 18.9 Å².